The molecule has 2 aromatic rings. The highest BCUT2D eigenvalue weighted by Gasteiger charge is 2.82. The van der Waals surface area contributed by atoms with Gasteiger partial charge in [0.1, 0.15) is 0 Å². The van der Waals surface area contributed by atoms with E-state index in [1.807, 2.05) is 0 Å². The molecule has 0 nitrogen and oxygen atoms in total. The minimum atomic E-state index is -6.76. The number of benzene rings is 1. The van der Waals surface area contributed by atoms with Crippen molar-refractivity contribution in [2.45, 2.75) is 37.8 Å². The summed E-state index contributed by atoms with van der Waals surface area (Å²) in [5.74, 6) is -6.70. The maximum Gasteiger partial charge on any atom is 0.457 e. The number of aryl methyl sites for hydroxylation is 2. The second-order valence-electron chi connectivity index (χ2n) is 5.57. The quantitative estimate of drug-likeness (QED) is 0.495. The highest BCUT2D eigenvalue weighted by molar-refractivity contribution is 7.13. The molecule has 0 saturated heterocycles. The van der Waals surface area contributed by atoms with Crippen LogP contribution in [-0.4, -0.2) is 18.3 Å². The van der Waals surface area contributed by atoms with E-state index in [1.54, 1.807) is 0 Å². The fraction of sp³-hybridized carbons (Fsp3) is 0.375. The van der Waals surface area contributed by atoms with Crippen LogP contribution in [0.2, 0.25) is 0 Å². The molecule has 10 heteroatoms. The van der Waals surface area contributed by atoms with Gasteiger partial charge < -0.3 is 0 Å². The minimum Gasteiger partial charge on any atom is -0.221 e. The van der Waals surface area contributed by atoms with Gasteiger partial charge in [0.25, 0.3) is 0 Å². The second-order valence-corrected chi connectivity index (χ2v) is 6.52. The van der Waals surface area contributed by atoms with E-state index in [4.69, 9.17) is 0 Å². The van der Waals surface area contributed by atoms with Crippen molar-refractivity contribution < 1.29 is 39.5 Å². The van der Waals surface area contributed by atoms with E-state index in [0.717, 1.165) is 25.2 Å². The monoisotopic (exact) mass is 405 g/mol. The molecule has 0 spiro atoms. The fourth-order valence-electron chi connectivity index (χ4n) is 2.59. The number of alkyl halides is 9. The van der Waals surface area contributed by atoms with E-state index in [1.165, 1.54) is 17.5 Å². The smallest absolute Gasteiger partial charge is 0.221 e. The zero-order valence-corrected chi connectivity index (χ0v) is 13.9. The Morgan fingerprint density at radius 1 is 0.885 bits per heavy atom. The van der Waals surface area contributed by atoms with Crippen LogP contribution in [0.1, 0.15) is 16.7 Å². The molecule has 1 aromatic carbocycles. The van der Waals surface area contributed by atoms with Crippen molar-refractivity contribution in [1.82, 2.24) is 0 Å². The maximum absolute atomic E-state index is 14.9. The van der Waals surface area contributed by atoms with E-state index in [-0.39, 0.29) is 16.0 Å². The molecule has 0 aliphatic rings. The molecular formula is C16H10F9S. The summed E-state index contributed by atoms with van der Waals surface area (Å²) in [5.41, 5.74) is -8.83. The lowest BCUT2D eigenvalue weighted by atomic mass is 9.81. The Hall–Kier alpha value is -1.71. The molecule has 0 bridgehead atoms. The van der Waals surface area contributed by atoms with Crippen LogP contribution < -0.4 is 0 Å². The van der Waals surface area contributed by atoms with Gasteiger partial charge in [-0.15, -0.1) is 11.3 Å². The Balaban J connectivity index is 2.97. The molecule has 0 aliphatic carbocycles. The number of halogens is 9. The summed E-state index contributed by atoms with van der Waals surface area (Å²) >= 11 is 0.775. The first-order chi connectivity index (χ1) is 11.6. The van der Waals surface area contributed by atoms with Crippen LogP contribution in [0.5, 0.6) is 0 Å². The average molecular weight is 405 g/mol. The summed E-state index contributed by atoms with van der Waals surface area (Å²) in [5, 5.41) is 1.37. The number of thiophene rings is 1. The summed E-state index contributed by atoms with van der Waals surface area (Å²) in [7, 11) is 0. The Labute approximate surface area is 146 Å². The normalized spacial score (nSPS) is 15.8. The Bertz CT molecular complexity index is 787. The first-order valence-electron chi connectivity index (χ1n) is 6.92. The molecule has 1 unspecified atom stereocenters. The van der Waals surface area contributed by atoms with Gasteiger partial charge in [0.2, 0.25) is 0 Å². The molecule has 143 valence electrons. The third kappa shape index (κ3) is 2.97. The number of hydrogen-bond acceptors (Lipinski definition) is 1. The van der Waals surface area contributed by atoms with Crippen LogP contribution in [-0.2, 0) is 5.67 Å². The van der Waals surface area contributed by atoms with E-state index in [2.05, 4.69) is 6.07 Å². The van der Waals surface area contributed by atoms with Crippen molar-refractivity contribution in [3.8, 4) is 10.4 Å². The Morgan fingerprint density at radius 3 is 1.88 bits per heavy atom. The highest BCUT2D eigenvalue weighted by atomic mass is 32.1. The summed E-state index contributed by atoms with van der Waals surface area (Å²) in [6, 6.07) is 5.40. The van der Waals surface area contributed by atoms with Gasteiger partial charge in [0.15, 0.2) is 0 Å². The van der Waals surface area contributed by atoms with E-state index < -0.39 is 35.1 Å². The summed E-state index contributed by atoms with van der Waals surface area (Å²) in [6.07, 6.45) is -13.3. The third-order valence-electron chi connectivity index (χ3n) is 3.71. The predicted molar refractivity (Wildman–Crippen MR) is 77.9 cm³/mol. The first kappa shape index (κ1) is 20.6. The van der Waals surface area contributed by atoms with Gasteiger partial charge in [-0.05, 0) is 42.5 Å². The summed E-state index contributed by atoms with van der Waals surface area (Å²) < 4.78 is 121. The van der Waals surface area contributed by atoms with E-state index in [0.29, 0.717) is 6.07 Å². The first-order valence-corrected chi connectivity index (χ1v) is 7.80. The molecule has 0 N–H and O–H groups in total. The van der Waals surface area contributed by atoms with Gasteiger partial charge in [-0.3, -0.25) is 0 Å². The second kappa shape index (κ2) is 6.17. The molecule has 0 aliphatic heterocycles. The lowest BCUT2D eigenvalue weighted by molar-refractivity contribution is -0.389. The fourth-order valence-corrected chi connectivity index (χ4v) is 3.43. The highest BCUT2D eigenvalue weighted by Crippen LogP contribution is 2.60. The maximum atomic E-state index is 14.9. The average Bonchev–Trinajstić information content (AvgIpc) is 2.96. The molecule has 26 heavy (non-hydrogen) atoms. The molecule has 1 radical (unpaired) electrons. The molecule has 1 atom stereocenters. The molecule has 2 rings (SSSR count). The van der Waals surface area contributed by atoms with Crippen molar-refractivity contribution in [3.63, 3.8) is 0 Å². The molecule has 1 aromatic heterocycles. The SMILES string of the molecule is Cc1[c]c(C)c(-c2cccs2)c(C(F)(C(F)(F)F)C(F)(F)C(F)(F)F)c1. The minimum absolute atomic E-state index is 0.0852. The predicted octanol–water partition coefficient (Wildman–Crippen LogP) is 6.76. The van der Waals surface area contributed by atoms with Crippen molar-refractivity contribution >= 4 is 11.3 Å². The van der Waals surface area contributed by atoms with E-state index >= 15 is 0 Å². The number of hydrogen-bond donors (Lipinski definition) is 0. The molecule has 0 saturated carbocycles. The lowest BCUT2D eigenvalue weighted by Crippen LogP contribution is -2.60. The van der Waals surface area contributed by atoms with Crippen molar-refractivity contribution in [3.05, 3.63) is 46.3 Å². The van der Waals surface area contributed by atoms with Crippen LogP contribution in [0, 0.1) is 19.9 Å². The Morgan fingerprint density at radius 2 is 1.46 bits per heavy atom. The topological polar surface area (TPSA) is 0 Å². The van der Waals surface area contributed by atoms with Crippen molar-refractivity contribution in [1.29, 1.82) is 0 Å². The van der Waals surface area contributed by atoms with Gasteiger partial charge in [-0.25, -0.2) is 4.39 Å². The molecule has 0 amide bonds. The van der Waals surface area contributed by atoms with Gasteiger partial charge in [-0.1, -0.05) is 12.1 Å². The van der Waals surface area contributed by atoms with Gasteiger partial charge >= 0.3 is 23.9 Å². The number of rotatable bonds is 3. The van der Waals surface area contributed by atoms with E-state index in [9.17, 15) is 39.5 Å². The molecule has 0 fully saturated rings. The molecule has 1 heterocycles. The summed E-state index contributed by atoms with van der Waals surface area (Å²) in [4.78, 5) is -0.0852. The zero-order chi connectivity index (χ0) is 20.1. The van der Waals surface area contributed by atoms with Crippen LogP contribution in [0.25, 0.3) is 10.4 Å². The van der Waals surface area contributed by atoms with Crippen molar-refractivity contribution in [2.75, 3.05) is 0 Å². The van der Waals surface area contributed by atoms with Gasteiger partial charge in [0.05, 0.1) is 0 Å². The summed E-state index contributed by atoms with van der Waals surface area (Å²) in [6.45, 7) is 2.28. The van der Waals surface area contributed by atoms with Crippen LogP contribution in [0.3, 0.4) is 0 Å². The largest absolute Gasteiger partial charge is 0.457 e. The standard InChI is InChI=1S/C16H10F9S/c1-8-6-9(2)12(11-4-3-5-26-11)10(7-8)13(17,15(20,21)22)14(18,19)16(23,24)25/h3-5,7H,1-2H3. The third-order valence-corrected chi connectivity index (χ3v) is 4.60. The van der Waals surface area contributed by atoms with Crippen LogP contribution in [0.4, 0.5) is 39.5 Å². The lowest BCUT2D eigenvalue weighted by Gasteiger charge is -2.37. The Kier molecular flexibility index (Phi) is 4.89. The van der Waals surface area contributed by atoms with Crippen LogP contribution >= 0.6 is 11.3 Å². The van der Waals surface area contributed by atoms with Gasteiger partial charge in [-0.2, -0.15) is 35.1 Å². The van der Waals surface area contributed by atoms with Crippen molar-refractivity contribution in [2.24, 2.45) is 0 Å². The van der Waals surface area contributed by atoms with Gasteiger partial charge in [0, 0.05) is 16.0 Å². The molecular weight excluding hydrogens is 395 g/mol. The zero-order valence-electron chi connectivity index (χ0n) is 13.1. The van der Waals surface area contributed by atoms with Crippen LogP contribution in [0.15, 0.2) is 23.6 Å².